The number of aromatic carboxylic acids is 1. The molecule has 0 saturated heterocycles. The summed E-state index contributed by atoms with van der Waals surface area (Å²) in [7, 11) is 0. The third-order valence-corrected chi connectivity index (χ3v) is 2.90. The van der Waals surface area contributed by atoms with Gasteiger partial charge in [-0.3, -0.25) is 0 Å². The molecule has 0 radical (unpaired) electrons. The molecule has 2 aromatic carbocycles. The number of carboxylic acid groups (broad SMARTS) is 1. The lowest BCUT2D eigenvalue weighted by Gasteiger charge is -2.09. The van der Waals surface area contributed by atoms with E-state index in [-0.39, 0.29) is 5.56 Å². The van der Waals surface area contributed by atoms with Gasteiger partial charge in [0.1, 0.15) is 11.3 Å². The minimum absolute atomic E-state index is 0.0839. The summed E-state index contributed by atoms with van der Waals surface area (Å²) >= 11 is 5.77. The second-order valence-corrected chi connectivity index (χ2v) is 4.47. The number of carboxylic acids is 1. The van der Waals surface area contributed by atoms with Gasteiger partial charge in [-0.2, -0.15) is 0 Å². The van der Waals surface area contributed by atoms with Crippen molar-refractivity contribution in [2.24, 2.45) is 0 Å². The van der Waals surface area contributed by atoms with E-state index >= 15 is 0 Å². The van der Waals surface area contributed by atoms with Crippen LogP contribution in [0.4, 0.5) is 0 Å². The highest BCUT2D eigenvalue weighted by molar-refractivity contribution is 6.31. The van der Waals surface area contributed by atoms with Crippen LogP contribution < -0.4 is 4.74 Å². The molecule has 0 saturated carbocycles. The molecule has 0 atom stereocenters. The maximum Gasteiger partial charge on any atom is 0.339 e. The van der Waals surface area contributed by atoms with E-state index in [1.165, 1.54) is 6.07 Å². The zero-order chi connectivity index (χ0) is 13.7. The molecule has 2 rings (SSSR count). The lowest BCUT2D eigenvalue weighted by molar-refractivity contribution is 0.0692. The summed E-state index contributed by atoms with van der Waals surface area (Å²) in [6, 6.07) is 14.5. The molecule has 3 nitrogen and oxygen atoms in total. The third kappa shape index (κ3) is 3.73. The summed E-state index contributed by atoms with van der Waals surface area (Å²) in [4.78, 5) is 11.1. The molecule has 2 aromatic rings. The number of carbonyl (C=O) groups is 1. The highest BCUT2D eigenvalue weighted by atomic mass is 35.5. The molecule has 0 amide bonds. The largest absolute Gasteiger partial charge is 0.492 e. The fourth-order valence-electron chi connectivity index (χ4n) is 1.72. The number of halogens is 1. The molecular formula is C15H13ClO3. The van der Waals surface area contributed by atoms with Gasteiger partial charge in [-0.1, -0.05) is 41.9 Å². The summed E-state index contributed by atoms with van der Waals surface area (Å²) in [6.07, 6.45) is 0.725. The number of rotatable bonds is 5. The van der Waals surface area contributed by atoms with Gasteiger partial charge in [0, 0.05) is 11.4 Å². The molecule has 1 N–H and O–H groups in total. The smallest absolute Gasteiger partial charge is 0.339 e. The Kier molecular flexibility index (Phi) is 4.42. The van der Waals surface area contributed by atoms with E-state index in [0.29, 0.717) is 17.4 Å². The zero-order valence-corrected chi connectivity index (χ0v) is 10.9. The molecule has 0 aliphatic carbocycles. The van der Waals surface area contributed by atoms with Gasteiger partial charge in [0.15, 0.2) is 0 Å². The van der Waals surface area contributed by atoms with Crippen LogP contribution in [-0.2, 0) is 6.42 Å². The lowest BCUT2D eigenvalue weighted by atomic mass is 10.1. The van der Waals surface area contributed by atoms with E-state index in [1.807, 2.05) is 30.3 Å². The van der Waals surface area contributed by atoms with Gasteiger partial charge < -0.3 is 9.84 Å². The second kappa shape index (κ2) is 6.25. The van der Waals surface area contributed by atoms with Crippen LogP contribution in [0.15, 0.2) is 48.5 Å². The zero-order valence-electron chi connectivity index (χ0n) is 10.2. The number of hydrogen-bond acceptors (Lipinski definition) is 2. The highest BCUT2D eigenvalue weighted by Gasteiger charge is 2.11. The van der Waals surface area contributed by atoms with Crippen LogP contribution in [0.5, 0.6) is 5.75 Å². The minimum Gasteiger partial charge on any atom is -0.492 e. The van der Waals surface area contributed by atoms with Crippen molar-refractivity contribution in [1.29, 1.82) is 0 Å². The molecule has 0 heterocycles. The molecule has 0 aromatic heterocycles. The van der Waals surface area contributed by atoms with E-state index < -0.39 is 5.97 Å². The first-order valence-corrected chi connectivity index (χ1v) is 6.24. The SMILES string of the molecule is O=C(O)c1cc(Cl)ccc1OCCc1ccccc1. The summed E-state index contributed by atoms with van der Waals surface area (Å²) in [6.45, 7) is 0.423. The second-order valence-electron chi connectivity index (χ2n) is 4.03. The van der Waals surface area contributed by atoms with Gasteiger partial charge in [-0.25, -0.2) is 4.79 Å². The van der Waals surface area contributed by atoms with Gasteiger partial charge in [0.25, 0.3) is 0 Å². The average molecular weight is 277 g/mol. The average Bonchev–Trinajstić information content (AvgIpc) is 2.41. The normalized spacial score (nSPS) is 10.2. The Balaban J connectivity index is 2.02. The van der Waals surface area contributed by atoms with E-state index in [9.17, 15) is 4.79 Å². The van der Waals surface area contributed by atoms with Crippen molar-refractivity contribution in [2.45, 2.75) is 6.42 Å². The van der Waals surface area contributed by atoms with Crippen molar-refractivity contribution in [2.75, 3.05) is 6.61 Å². The Bertz CT molecular complexity index is 567. The summed E-state index contributed by atoms with van der Waals surface area (Å²) in [5.41, 5.74) is 1.23. The molecule has 0 fully saturated rings. The number of ether oxygens (including phenoxy) is 1. The van der Waals surface area contributed by atoms with Crippen molar-refractivity contribution in [3.63, 3.8) is 0 Å². The van der Waals surface area contributed by atoms with Gasteiger partial charge in [-0.15, -0.1) is 0 Å². The Morgan fingerprint density at radius 3 is 2.58 bits per heavy atom. The van der Waals surface area contributed by atoms with Crippen molar-refractivity contribution in [1.82, 2.24) is 0 Å². The molecule has 4 heteroatoms. The predicted octanol–water partition coefficient (Wildman–Crippen LogP) is 3.66. The summed E-state index contributed by atoms with van der Waals surface area (Å²) in [5, 5.41) is 9.45. The number of hydrogen-bond donors (Lipinski definition) is 1. The first kappa shape index (κ1) is 13.4. The Morgan fingerprint density at radius 1 is 1.16 bits per heavy atom. The van der Waals surface area contributed by atoms with Crippen LogP contribution in [0, 0.1) is 0 Å². The number of benzene rings is 2. The van der Waals surface area contributed by atoms with Crippen LogP contribution in [0.1, 0.15) is 15.9 Å². The van der Waals surface area contributed by atoms with Crippen LogP contribution in [0.25, 0.3) is 0 Å². The van der Waals surface area contributed by atoms with Crippen molar-refractivity contribution in [3.8, 4) is 5.75 Å². The highest BCUT2D eigenvalue weighted by Crippen LogP contribution is 2.23. The first-order valence-electron chi connectivity index (χ1n) is 5.86. The van der Waals surface area contributed by atoms with E-state index in [2.05, 4.69) is 0 Å². The molecule has 0 unspecified atom stereocenters. The quantitative estimate of drug-likeness (QED) is 0.906. The van der Waals surface area contributed by atoms with Crippen molar-refractivity contribution in [3.05, 3.63) is 64.7 Å². The van der Waals surface area contributed by atoms with Crippen LogP contribution >= 0.6 is 11.6 Å². The van der Waals surface area contributed by atoms with Crippen LogP contribution in [-0.4, -0.2) is 17.7 Å². The molecule has 19 heavy (non-hydrogen) atoms. The fraction of sp³-hybridized carbons (Fsp3) is 0.133. The molecule has 0 aliphatic heterocycles. The van der Waals surface area contributed by atoms with Crippen molar-refractivity contribution < 1.29 is 14.6 Å². The van der Waals surface area contributed by atoms with E-state index in [1.54, 1.807) is 12.1 Å². The Morgan fingerprint density at radius 2 is 1.89 bits per heavy atom. The molecular weight excluding hydrogens is 264 g/mol. The van der Waals surface area contributed by atoms with E-state index in [4.69, 9.17) is 21.4 Å². The van der Waals surface area contributed by atoms with Gasteiger partial charge >= 0.3 is 5.97 Å². The third-order valence-electron chi connectivity index (χ3n) is 2.66. The molecule has 0 aliphatic rings. The fourth-order valence-corrected chi connectivity index (χ4v) is 1.89. The maximum atomic E-state index is 11.1. The van der Waals surface area contributed by atoms with Crippen molar-refractivity contribution >= 4 is 17.6 Å². The maximum absolute atomic E-state index is 11.1. The predicted molar refractivity (Wildman–Crippen MR) is 74.1 cm³/mol. The standard InChI is InChI=1S/C15H13ClO3/c16-12-6-7-14(13(10-12)15(17)18)19-9-8-11-4-2-1-3-5-11/h1-7,10H,8-9H2,(H,17,18). The van der Waals surface area contributed by atoms with E-state index in [0.717, 1.165) is 12.0 Å². The molecule has 98 valence electrons. The first-order chi connectivity index (χ1) is 9.16. The van der Waals surface area contributed by atoms with Gasteiger partial charge in [0.2, 0.25) is 0 Å². The summed E-state index contributed by atoms with van der Waals surface area (Å²) in [5.74, 6) is -0.704. The van der Waals surface area contributed by atoms with Gasteiger partial charge in [0.05, 0.1) is 6.61 Å². The summed E-state index contributed by atoms with van der Waals surface area (Å²) < 4.78 is 5.52. The van der Waals surface area contributed by atoms with Gasteiger partial charge in [-0.05, 0) is 23.8 Å². The Labute approximate surface area is 116 Å². The lowest BCUT2D eigenvalue weighted by Crippen LogP contribution is -2.06. The molecule has 0 spiro atoms. The Hall–Kier alpha value is -2.00. The topological polar surface area (TPSA) is 46.5 Å². The minimum atomic E-state index is -1.04. The van der Waals surface area contributed by atoms with Crippen LogP contribution in [0.2, 0.25) is 5.02 Å². The molecule has 0 bridgehead atoms. The van der Waals surface area contributed by atoms with Crippen LogP contribution in [0.3, 0.4) is 0 Å². The monoisotopic (exact) mass is 276 g/mol.